The molecule has 1 saturated carbocycles. The first kappa shape index (κ1) is 8.83. The Kier molecular flexibility index (Phi) is 2.52. The van der Waals surface area contributed by atoms with Gasteiger partial charge in [0.2, 0.25) is 0 Å². The monoisotopic (exact) mass is 173 g/mol. The van der Waals surface area contributed by atoms with Crippen molar-refractivity contribution in [3.05, 3.63) is 0 Å². The van der Waals surface area contributed by atoms with Crippen LogP contribution in [-0.2, 0) is 9.53 Å². The predicted molar refractivity (Wildman–Crippen MR) is 39.4 cm³/mol. The largest absolute Gasteiger partial charge is 0.481 e. The standard InChI is InChI=1S/C7H11NO4/c8-7(11)12-5-2-1-4(3-5)6(9)10/h4-5H,1-3H2,(H2,8,11)(H,9,10)/t4-,5+/m0/s1. The number of nitrogens with two attached hydrogens (primary N) is 1. The van der Waals surface area contributed by atoms with Gasteiger partial charge in [-0.2, -0.15) is 0 Å². The summed E-state index contributed by atoms with van der Waals surface area (Å²) in [5.41, 5.74) is 4.79. The summed E-state index contributed by atoms with van der Waals surface area (Å²) in [5.74, 6) is -1.21. The number of ether oxygens (including phenoxy) is 1. The van der Waals surface area contributed by atoms with Crippen LogP contribution in [0.2, 0.25) is 0 Å². The Hall–Kier alpha value is -1.26. The molecule has 2 atom stereocenters. The molecular formula is C7H11NO4. The molecule has 0 radical (unpaired) electrons. The molecule has 1 aliphatic rings. The van der Waals surface area contributed by atoms with Crippen molar-refractivity contribution in [2.75, 3.05) is 0 Å². The number of carbonyl (C=O) groups is 2. The molecule has 0 aromatic carbocycles. The summed E-state index contributed by atoms with van der Waals surface area (Å²) in [7, 11) is 0. The smallest absolute Gasteiger partial charge is 0.404 e. The third kappa shape index (κ3) is 2.11. The van der Waals surface area contributed by atoms with E-state index in [1.807, 2.05) is 0 Å². The van der Waals surface area contributed by atoms with Gasteiger partial charge in [0, 0.05) is 0 Å². The van der Waals surface area contributed by atoms with Crippen molar-refractivity contribution in [3.8, 4) is 0 Å². The average molecular weight is 173 g/mol. The Morgan fingerprint density at radius 3 is 2.50 bits per heavy atom. The minimum Gasteiger partial charge on any atom is -0.481 e. The Balaban J connectivity index is 2.35. The van der Waals surface area contributed by atoms with Gasteiger partial charge in [-0.1, -0.05) is 0 Å². The number of rotatable bonds is 2. The number of carboxylic acid groups (broad SMARTS) is 1. The minimum atomic E-state index is -0.828. The highest BCUT2D eigenvalue weighted by molar-refractivity contribution is 5.70. The van der Waals surface area contributed by atoms with Gasteiger partial charge in [-0.25, -0.2) is 4.79 Å². The zero-order chi connectivity index (χ0) is 9.14. The molecule has 68 valence electrons. The van der Waals surface area contributed by atoms with Crippen LogP contribution in [0.5, 0.6) is 0 Å². The minimum absolute atomic E-state index is 0.302. The Morgan fingerprint density at radius 1 is 1.42 bits per heavy atom. The van der Waals surface area contributed by atoms with Crippen LogP contribution in [-0.4, -0.2) is 23.3 Å². The molecule has 0 aromatic rings. The number of carbonyl (C=O) groups excluding carboxylic acids is 1. The van der Waals surface area contributed by atoms with Crippen LogP contribution < -0.4 is 5.73 Å². The normalized spacial score (nSPS) is 28.3. The van der Waals surface area contributed by atoms with Gasteiger partial charge < -0.3 is 15.6 Å². The molecule has 5 heteroatoms. The molecule has 1 fully saturated rings. The molecule has 0 aliphatic heterocycles. The van der Waals surface area contributed by atoms with Crippen LogP contribution in [0, 0.1) is 5.92 Å². The first-order valence-corrected chi connectivity index (χ1v) is 3.78. The summed E-state index contributed by atoms with van der Waals surface area (Å²) < 4.78 is 4.67. The number of amides is 1. The summed E-state index contributed by atoms with van der Waals surface area (Å²) in [6.45, 7) is 0. The van der Waals surface area contributed by atoms with Gasteiger partial charge in [0.05, 0.1) is 5.92 Å². The average Bonchev–Trinajstić information content (AvgIpc) is 2.34. The molecule has 1 aliphatic carbocycles. The van der Waals surface area contributed by atoms with Crippen LogP contribution in [0.15, 0.2) is 0 Å². The Bertz CT molecular complexity index is 204. The van der Waals surface area contributed by atoms with Gasteiger partial charge in [0.15, 0.2) is 0 Å². The lowest BCUT2D eigenvalue weighted by molar-refractivity contribution is -0.141. The van der Waals surface area contributed by atoms with E-state index in [1.54, 1.807) is 0 Å². The van der Waals surface area contributed by atoms with Crippen molar-refractivity contribution >= 4 is 12.1 Å². The predicted octanol–water partition coefficient (Wildman–Crippen LogP) is 0.335. The number of carboxylic acids is 1. The maximum atomic E-state index is 10.5. The van der Waals surface area contributed by atoms with Crippen molar-refractivity contribution in [2.24, 2.45) is 11.7 Å². The highest BCUT2D eigenvalue weighted by Crippen LogP contribution is 2.27. The van der Waals surface area contributed by atoms with Crippen molar-refractivity contribution < 1.29 is 19.4 Å². The second kappa shape index (κ2) is 3.42. The fourth-order valence-corrected chi connectivity index (χ4v) is 1.44. The fraction of sp³-hybridized carbons (Fsp3) is 0.714. The van der Waals surface area contributed by atoms with E-state index in [4.69, 9.17) is 10.8 Å². The number of hydrogen-bond donors (Lipinski definition) is 2. The maximum absolute atomic E-state index is 10.5. The Labute approximate surface area is 69.5 Å². The second-order valence-corrected chi connectivity index (χ2v) is 2.91. The van der Waals surface area contributed by atoms with Crippen molar-refractivity contribution in [1.82, 2.24) is 0 Å². The number of aliphatic carboxylic acids is 1. The van der Waals surface area contributed by atoms with Crippen LogP contribution in [0.4, 0.5) is 4.79 Å². The third-order valence-electron chi connectivity index (χ3n) is 2.02. The summed E-state index contributed by atoms with van der Waals surface area (Å²) in [6, 6.07) is 0. The van der Waals surface area contributed by atoms with E-state index in [0.717, 1.165) is 0 Å². The highest BCUT2D eigenvalue weighted by Gasteiger charge is 2.31. The lowest BCUT2D eigenvalue weighted by atomic mass is 10.1. The molecule has 0 aromatic heterocycles. The van der Waals surface area contributed by atoms with Crippen molar-refractivity contribution in [3.63, 3.8) is 0 Å². The highest BCUT2D eigenvalue weighted by atomic mass is 16.6. The first-order chi connectivity index (χ1) is 5.59. The van der Waals surface area contributed by atoms with Crippen LogP contribution in [0.25, 0.3) is 0 Å². The van der Waals surface area contributed by atoms with Gasteiger partial charge >= 0.3 is 12.1 Å². The quantitative estimate of drug-likeness (QED) is 0.629. The van der Waals surface area contributed by atoms with E-state index in [9.17, 15) is 9.59 Å². The summed E-state index contributed by atoms with van der Waals surface area (Å²) in [5, 5.41) is 8.59. The maximum Gasteiger partial charge on any atom is 0.404 e. The van der Waals surface area contributed by atoms with E-state index in [-0.39, 0.29) is 12.0 Å². The van der Waals surface area contributed by atoms with E-state index >= 15 is 0 Å². The Morgan fingerprint density at radius 2 is 2.08 bits per heavy atom. The lowest BCUT2D eigenvalue weighted by Crippen LogP contribution is -2.21. The number of primary amides is 1. The molecule has 1 amide bonds. The molecule has 0 spiro atoms. The SMILES string of the molecule is NC(=O)O[C@@H]1CC[C@H](C(=O)O)C1. The van der Waals surface area contributed by atoms with Crippen LogP contribution >= 0.6 is 0 Å². The lowest BCUT2D eigenvalue weighted by Gasteiger charge is -2.08. The molecule has 1 rings (SSSR count). The van der Waals surface area contributed by atoms with Gasteiger partial charge in [-0.15, -0.1) is 0 Å². The van der Waals surface area contributed by atoms with Crippen LogP contribution in [0.3, 0.4) is 0 Å². The van der Waals surface area contributed by atoms with Gasteiger partial charge in [-0.05, 0) is 19.3 Å². The topological polar surface area (TPSA) is 89.6 Å². The zero-order valence-corrected chi connectivity index (χ0v) is 6.53. The number of hydrogen-bond acceptors (Lipinski definition) is 3. The zero-order valence-electron chi connectivity index (χ0n) is 6.53. The molecule has 0 unspecified atom stereocenters. The van der Waals surface area contributed by atoms with E-state index < -0.39 is 12.1 Å². The third-order valence-corrected chi connectivity index (χ3v) is 2.02. The summed E-state index contributed by atoms with van der Waals surface area (Å²) >= 11 is 0. The van der Waals surface area contributed by atoms with Crippen molar-refractivity contribution in [2.45, 2.75) is 25.4 Å². The summed E-state index contributed by atoms with van der Waals surface area (Å²) in [6.07, 6.45) is 0.417. The van der Waals surface area contributed by atoms with Gasteiger partial charge in [0.1, 0.15) is 6.10 Å². The fourth-order valence-electron chi connectivity index (χ4n) is 1.44. The molecule has 12 heavy (non-hydrogen) atoms. The van der Waals surface area contributed by atoms with E-state index in [1.165, 1.54) is 0 Å². The molecule has 0 bridgehead atoms. The van der Waals surface area contributed by atoms with Crippen LogP contribution in [0.1, 0.15) is 19.3 Å². The first-order valence-electron chi connectivity index (χ1n) is 3.78. The molecule has 0 heterocycles. The molecule has 5 nitrogen and oxygen atoms in total. The van der Waals surface area contributed by atoms with E-state index in [2.05, 4.69) is 4.74 Å². The molecule has 0 saturated heterocycles. The van der Waals surface area contributed by atoms with Crippen molar-refractivity contribution in [1.29, 1.82) is 0 Å². The van der Waals surface area contributed by atoms with Gasteiger partial charge in [0.25, 0.3) is 0 Å². The second-order valence-electron chi connectivity index (χ2n) is 2.91. The molecule has 3 N–H and O–H groups in total. The summed E-state index contributed by atoms with van der Waals surface area (Å²) in [4.78, 5) is 20.7. The van der Waals surface area contributed by atoms with E-state index in [0.29, 0.717) is 19.3 Å². The van der Waals surface area contributed by atoms with Gasteiger partial charge in [-0.3, -0.25) is 4.79 Å². The molecular weight excluding hydrogens is 162 g/mol.